The summed E-state index contributed by atoms with van der Waals surface area (Å²) in [6.45, 7) is 0.722. The molecule has 0 radical (unpaired) electrons. The van der Waals surface area contributed by atoms with E-state index < -0.39 is 6.04 Å². The molecule has 0 unspecified atom stereocenters. The van der Waals surface area contributed by atoms with Gasteiger partial charge in [0.05, 0.1) is 5.02 Å². The molecule has 2 amide bonds. The molecule has 0 saturated carbocycles. The highest BCUT2D eigenvalue weighted by Crippen LogP contribution is 2.29. The number of rotatable bonds is 5. The van der Waals surface area contributed by atoms with E-state index in [2.05, 4.69) is 10.5 Å². The van der Waals surface area contributed by atoms with Crippen molar-refractivity contribution in [1.29, 1.82) is 0 Å². The average Bonchev–Trinajstić information content (AvgIpc) is 3.43. The third kappa shape index (κ3) is 4.21. The maximum Gasteiger partial charge on any atom is 0.276 e. The minimum Gasteiger partial charge on any atom is -0.355 e. The van der Waals surface area contributed by atoms with Gasteiger partial charge in [-0.05, 0) is 42.7 Å². The highest BCUT2D eigenvalue weighted by molar-refractivity contribution is 6.33. The molecule has 0 spiro atoms. The summed E-state index contributed by atoms with van der Waals surface area (Å²) in [6.07, 6.45) is 1.28. The Balaban J connectivity index is 1.44. The summed E-state index contributed by atoms with van der Waals surface area (Å²) < 4.78 is 18.3. The fourth-order valence-electron chi connectivity index (χ4n) is 3.50. The molecule has 154 valence electrons. The molecule has 1 aliphatic heterocycles. The van der Waals surface area contributed by atoms with E-state index in [0.717, 1.165) is 12.0 Å². The number of carbonyl (C=O) groups is 2. The Morgan fingerprint density at radius 3 is 2.73 bits per heavy atom. The van der Waals surface area contributed by atoms with E-state index in [0.29, 0.717) is 29.3 Å². The Labute approximate surface area is 177 Å². The van der Waals surface area contributed by atoms with Crippen LogP contribution in [0.25, 0.3) is 11.3 Å². The number of halogens is 2. The van der Waals surface area contributed by atoms with Crippen LogP contribution in [0.15, 0.2) is 59.1 Å². The molecule has 8 heteroatoms. The van der Waals surface area contributed by atoms with Crippen molar-refractivity contribution in [3.8, 4) is 11.3 Å². The van der Waals surface area contributed by atoms with Gasteiger partial charge in [0.1, 0.15) is 11.9 Å². The Morgan fingerprint density at radius 1 is 1.20 bits per heavy atom. The van der Waals surface area contributed by atoms with E-state index in [1.807, 2.05) is 6.07 Å². The Bertz CT molecular complexity index is 1070. The molecule has 1 atom stereocenters. The molecule has 30 heavy (non-hydrogen) atoms. The quantitative estimate of drug-likeness (QED) is 0.666. The van der Waals surface area contributed by atoms with Gasteiger partial charge in [0.25, 0.3) is 5.91 Å². The second-order valence-electron chi connectivity index (χ2n) is 7.06. The normalized spacial score (nSPS) is 15.9. The molecule has 1 aliphatic rings. The number of nitrogens with zero attached hydrogens (tertiary/aromatic N) is 2. The molecule has 1 N–H and O–H groups in total. The lowest BCUT2D eigenvalue weighted by Gasteiger charge is -2.23. The predicted molar refractivity (Wildman–Crippen MR) is 109 cm³/mol. The van der Waals surface area contributed by atoms with Gasteiger partial charge < -0.3 is 14.7 Å². The molecule has 6 nitrogen and oxygen atoms in total. The van der Waals surface area contributed by atoms with Crippen molar-refractivity contribution in [2.24, 2.45) is 0 Å². The Morgan fingerprint density at radius 2 is 1.97 bits per heavy atom. The first-order valence-corrected chi connectivity index (χ1v) is 9.95. The number of carbonyl (C=O) groups excluding carboxylic acids is 2. The van der Waals surface area contributed by atoms with E-state index in [1.165, 1.54) is 23.1 Å². The van der Waals surface area contributed by atoms with Crippen LogP contribution in [0.5, 0.6) is 0 Å². The smallest absolute Gasteiger partial charge is 0.276 e. The number of aromatic nitrogens is 1. The van der Waals surface area contributed by atoms with Gasteiger partial charge in [0.2, 0.25) is 5.91 Å². The lowest BCUT2D eigenvalue weighted by molar-refractivity contribution is -0.125. The number of likely N-dealkylation sites (tertiary alicyclic amines) is 1. The highest BCUT2D eigenvalue weighted by Gasteiger charge is 2.35. The fourth-order valence-corrected chi connectivity index (χ4v) is 3.73. The van der Waals surface area contributed by atoms with E-state index >= 15 is 0 Å². The van der Waals surface area contributed by atoms with Gasteiger partial charge >= 0.3 is 0 Å². The van der Waals surface area contributed by atoms with Crippen molar-refractivity contribution in [1.82, 2.24) is 15.4 Å². The molecular formula is C22H19ClFN3O3. The number of nitrogens with one attached hydrogen (secondary N) is 1. The van der Waals surface area contributed by atoms with E-state index in [4.69, 9.17) is 16.1 Å². The number of benzene rings is 2. The molecule has 1 fully saturated rings. The van der Waals surface area contributed by atoms with Crippen LogP contribution in [-0.2, 0) is 11.3 Å². The molecule has 3 aromatic rings. The molecular weight excluding hydrogens is 409 g/mol. The zero-order valence-corrected chi connectivity index (χ0v) is 16.7. The van der Waals surface area contributed by atoms with Crippen molar-refractivity contribution in [2.75, 3.05) is 6.54 Å². The third-order valence-electron chi connectivity index (χ3n) is 5.06. The number of amides is 2. The van der Waals surface area contributed by atoms with Crippen LogP contribution in [0.3, 0.4) is 0 Å². The third-order valence-corrected chi connectivity index (χ3v) is 5.39. The summed E-state index contributed by atoms with van der Waals surface area (Å²) in [5.74, 6) is -0.557. The summed E-state index contributed by atoms with van der Waals surface area (Å²) in [4.78, 5) is 27.1. The highest BCUT2D eigenvalue weighted by atomic mass is 35.5. The molecule has 0 bridgehead atoms. The standard InChI is InChI=1S/C22H19ClFN3O3/c23-17-5-2-1-4-16(17)20-12-18(26-30-20)22(29)27-11-3-6-19(27)21(28)25-13-14-7-9-15(24)10-8-14/h1-2,4-5,7-10,12,19H,3,6,11,13H2,(H,25,28)/t19-/m0/s1. The molecule has 4 rings (SSSR count). The first-order chi connectivity index (χ1) is 14.5. The minimum absolute atomic E-state index is 0.128. The topological polar surface area (TPSA) is 75.4 Å². The van der Waals surface area contributed by atoms with Crippen molar-refractivity contribution in [3.05, 3.63) is 76.7 Å². The molecule has 2 aromatic carbocycles. The zero-order chi connectivity index (χ0) is 21.1. The Hall–Kier alpha value is -3.19. The minimum atomic E-state index is -0.585. The lowest BCUT2D eigenvalue weighted by atomic mass is 10.1. The number of hydrogen-bond donors (Lipinski definition) is 1. The summed E-state index contributed by atoms with van der Waals surface area (Å²) in [5, 5.41) is 7.19. The van der Waals surface area contributed by atoms with Gasteiger partial charge in [-0.3, -0.25) is 9.59 Å². The largest absolute Gasteiger partial charge is 0.355 e. The summed E-state index contributed by atoms with van der Waals surface area (Å²) in [5.41, 5.74) is 1.55. The van der Waals surface area contributed by atoms with Crippen LogP contribution >= 0.6 is 11.6 Å². The van der Waals surface area contributed by atoms with Crippen molar-refractivity contribution in [2.45, 2.75) is 25.4 Å². The second-order valence-corrected chi connectivity index (χ2v) is 7.46. The lowest BCUT2D eigenvalue weighted by Crippen LogP contribution is -2.45. The monoisotopic (exact) mass is 427 g/mol. The summed E-state index contributed by atoms with van der Waals surface area (Å²) >= 11 is 6.18. The maximum absolute atomic E-state index is 13.0. The second kappa shape index (κ2) is 8.67. The van der Waals surface area contributed by atoms with Gasteiger partial charge in [-0.25, -0.2) is 4.39 Å². The number of hydrogen-bond acceptors (Lipinski definition) is 4. The van der Waals surface area contributed by atoms with Crippen molar-refractivity contribution < 1.29 is 18.5 Å². The van der Waals surface area contributed by atoms with E-state index in [1.54, 1.807) is 30.3 Å². The first-order valence-electron chi connectivity index (χ1n) is 9.57. The van der Waals surface area contributed by atoms with Crippen molar-refractivity contribution in [3.63, 3.8) is 0 Å². The van der Waals surface area contributed by atoms with Gasteiger partial charge in [-0.15, -0.1) is 0 Å². The van der Waals surface area contributed by atoms with Crippen LogP contribution in [-0.4, -0.2) is 34.5 Å². The molecule has 1 aromatic heterocycles. The zero-order valence-electron chi connectivity index (χ0n) is 16.0. The average molecular weight is 428 g/mol. The predicted octanol–water partition coefficient (Wildman–Crippen LogP) is 4.06. The van der Waals surface area contributed by atoms with Crippen LogP contribution < -0.4 is 5.32 Å². The Kier molecular flexibility index (Phi) is 5.81. The maximum atomic E-state index is 13.0. The van der Waals surface area contributed by atoms with Crippen LogP contribution in [0, 0.1) is 5.82 Å². The summed E-state index contributed by atoms with van der Waals surface area (Å²) in [7, 11) is 0. The van der Waals surface area contributed by atoms with Gasteiger partial charge in [0, 0.05) is 24.7 Å². The molecule has 1 saturated heterocycles. The SMILES string of the molecule is O=C(NCc1ccc(F)cc1)[C@@H]1CCCN1C(=O)c1cc(-c2ccccc2Cl)on1. The fraction of sp³-hybridized carbons (Fsp3) is 0.227. The van der Waals surface area contributed by atoms with Gasteiger partial charge in [-0.1, -0.05) is 41.0 Å². The summed E-state index contributed by atoms with van der Waals surface area (Å²) in [6, 6.07) is 14.0. The molecule has 2 heterocycles. The molecule has 0 aliphatic carbocycles. The van der Waals surface area contributed by atoms with Crippen LogP contribution in [0.1, 0.15) is 28.9 Å². The van der Waals surface area contributed by atoms with E-state index in [-0.39, 0.29) is 29.9 Å². The van der Waals surface area contributed by atoms with E-state index in [9.17, 15) is 14.0 Å². The van der Waals surface area contributed by atoms with Gasteiger partial charge in [0.15, 0.2) is 11.5 Å². The van der Waals surface area contributed by atoms with Crippen LogP contribution in [0.2, 0.25) is 5.02 Å². The van der Waals surface area contributed by atoms with Crippen LogP contribution in [0.4, 0.5) is 4.39 Å². The van der Waals surface area contributed by atoms with Crippen molar-refractivity contribution >= 4 is 23.4 Å². The van der Waals surface area contributed by atoms with Gasteiger partial charge in [-0.2, -0.15) is 0 Å². The first kappa shape index (κ1) is 20.1.